The van der Waals surface area contributed by atoms with Crippen molar-refractivity contribution < 1.29 is 9.59 Å². The Kier molecular flexibility index (Phi) is 7.12. The number of fused-ring (bicyclic) bond motifs is 1. The van der Waals surface area contributed by atoms with Crippen LogP contribution >= 0.6 is 11.3 Å². The third-order valence-electron chi connectivity index (χ3n) is 7.12. The number of benzene rings is 2. The second kappa shape index (κ2) is 10.4. The van der Waals surface area contributed by atoms with Gasteiger partial charge in [-0.3, -0.25) is 9.59 Å². The van der Waals surface area contributed by atoms with E-state index in [4.69, 9.17) is 0 Å². The fraction of sp³-hybridized carbons (Fsp3) is 0.379. The van der Waals surface area contributed by atoms with Gasteiger partial charge in [-0.25, -0.2) is 0 Å². The van der Waals surface area contributed by atoms with Gasteiger partial charge in [-0.15, -0.1) is 11.3 Å². The number of hydrogen-bond acceptors (Lipinski definition) is 5. The zero-order valence-electron chi connectivity index (χ0n) is 21.2. The molecule has 0 unspecified atom stereocenters. The third-order valence-corrected chi connectivity index (χ3v) is 8.07. The van der Waals surface area contributed by atoms with E-state index in [1.165, 1.54) is 0 Å². The van der Waals surface area contributed by atoms with E-state index < -0.39 is 5.92 Å². The molecule has 3 heterocycles. The molecule has 2 atom stereocenters. The summed E-state index contributed by atoms with van der Waals surface area (Å²) in [6, 6.07) is 19.4. The summed E-state index contributed by atoms with van der Waals surface area (Å²) in [5.74, 6) is -0.302. The van der Waals surface area contributed by atoms with E-state index in [9.17, 15) is 9.59 Å². The van der Waals surface area contributed by atoms with Crippen molar-refractivity contribution in [2.24, 2.45) is 5.92 Å². The highest BCUT2D eigenvalue weighted by molar-refractivity contribution is 7.10. The minimum absolute atomic E-state index is 0.000383. The molecule has 36 heavy (non-hydrogen) atoms. The van der Waals surface area contributed by atoms with Crippen molar-refractivity contribution in [2.75, 3.05) is 50.0 Å². The van der Waals surface area contributed by atoms with E-state index in [-0.39, 0.29) is 23.8 Å². The highest BCUT2D eigenvalue weighted by atomic mass is 32.1. The summed E-state index contributed by atoms with van der Waals surface area (Å²) in [4.78, 5) is 35.5. The molecule has 1 fully saturated rings. The van der Waals surface area contributed by atoms with Gasteiger partial charge in [0.2, 0.25) is 5.91 Å². The lowest BCUT2D eigenvalue weighted by Gasteiger charge is -2.42. The van der Waals surface area contributed by atoms with Gasteiger partial charge < -0.3 is 20.0 Å². The second-order valence-corrected chi connectivity index (χ2v) is 11.2. The van der Waals surface area contributed by atoms with E-state index in [2.05, 4.69) is 42.1 Å². The number of likely N-dealkylation sites (N-methyl/N-ethyl adjacent to an activating group) is 1. The monoisotopic (exact) mass is 502 g/mol. The molecule has 0 bridgehead atoms. The molecule has 188 valence electrons. The lowest BCUT2D eigenvalue weighted by Crippen LogP contribution is -2.47. The van der Waals surface area contributed by atoms with Crippen LogP contribution in [0.15, 0.2) is 66.0 Å². The van der Waals surface area contributed by atoms with Gasteiger partial charge in [0.25, 0.3) is 5.91 Å². The van der Waals surface area contributed by atoms with Crippen LogP contribution in [0.3, 0.4) is 0 Å². The van der Waals surface area contributed by atoms with Crippen LogP contribution in [0.4, 0.5) is 11.4 Å². The minimum Gasteiger partial charge on any atom is -0.367 e. The average Bonchev–Trinajstić information content (AvgIpc) is 3.41. The van der Waals surface area contributed by atoms with Crippen LogP contribution in [0.2, 0.25) is 0 Å². The molecular weight excluding hydrogens is 468 g/mol. The second-order valence-electron chi connectivity index (χ2n) is 10.2. The molecule has 0 aliphatic carbocycles. The number of anilines is 2. The van der Waals surface area contributed by atoms with Crippen LogP contribution in [-0.2, 0) is 4.79 Å². The number of thiophene rings is 1. The average molecular weight is 503 g/mol. The SMILES string of the molecule is CC(C)CN1C(=O)c2ccccc2[C@H](C(=O)Nc2ccccc2N2CCN(C)CC2)[C@@H]1c1cccs1. The maximum atomic E-state index is 14.2. The number of amides is 2. The molecule has 0 radical (unpaired) electrons. The molecule has 1 N–H and O–H groups in total. The Morgan fingerprint density at radius 3 is 2.44 bits per heavy atom. The van der Waals surface area contributed by atoms with Gasteiger partial charge in [0.05, 0.1) is 23.3 Å². The van der Waals surface area contributed by atoms with Gasteiger partial charge in [0.15, 0.2) is 0 Å². The molecule has 2 aliphatic rings. The summed E-state index contributed by atoms with van der Waals surface area (Å²) in [5, 5.41) is 5.30. The molecule has 0 spiro atoms. The molecule has 6 nitrogen and oxygen atoms in total. The Morgan fingerprint density at radius 2 is 1.72 bits per heavy atom. The van der Waals surface area contributed by atoms with Crippen LogP contribution in [-0.4, -0.2) is 61.4 Å². The van der Waals surface area contributed by atoms with Crippen LogP contribution < -0.4 is 10.2 Å². The summed E-state index contributed by atoms with van der Waals surface area (Å²) in [6.45, 7) is 8.64. The van der Waals surface area contributed by atoms with E-state index >= 15 is 0 Å². The summed E-state index contributed by atoms with van der Waals surface area (Å²) in [5.41, 5.74) is 3.29. The predicted molar refractivity (Wildman–Crippen MR) is 147 cm³/mol. The van der Waals surface area contributed by atoms with Crippen molar-refractivity contribution in [3.8, 4) is 0 Å². The number of nitrogens with one attached hydrogen (secondary N) is 1. The first-order valence-corrected chi connectivity index (χ1v) is 13.6. The number of rotatable bonds is 6. The molecule has 2 aromatic carbocycles. The van der Waals surface area contributed by atoms with Crippen LogP contribution in [0.5, 0.6) is 0 Å². The first kappa shape index (κ1) is 24.5. The zero-order chi connectivity index (χ0) is 25.2. The lowest BCUT2D eigenvalue weighted by molar-refractivity contribution is -0.119. The van der Waals surface area contributed by atoms with Crippen molar-refractivity contribution >= 4 is 34.5 Å². The summed E-state index contributed by atoms with van der Waals surface area (Å²) >= 11 is 1.60. The highest BCUT2D eigenvalue weighted by Gasteiger charge is 2.44. The van der Waals surface area contributed by atoms with Gasteiger partial charge >= 0.3 is 0 Å². The van der Waals surface area contributed by atoms with E-state index in [0.717, 1.165) is 48.0 Å². The Hall–Kier alpha value is -3.16. The Balaban J connectivity index is 1.54. The lowest BCUT2D eigenvalue weighted by atomic mass is 9.81. The van der Waals surface area contributed by atoms with Crippen molar-refractivity contribution in [3.05, 3.63) is 82.0 Å². The molecule has 2 aliphatic heterocycles. The highest BCUT2D eigenvalue weighted by Crippen LogP contribution is 2.45. The van der Waals surface area contributed by atoms with E-state index in [1.54, 1.807) is 11.3 Å². The van der Waals surface area contributed by atoms with Crippen molar-refractivity contribution in [2.45, 2.75) is 25.8 Å². The smallest absolute Gasteiger partial charge is 0.254 e. The molecule has 2 amide bonds. The Bertz CT molecular complexity index is 1220. The number of carbonyl (C=O) groups is 2. The normalized spacial score (nSPS) is 20.5. The maximum absolute atomic E-state index is 14.2. The largest absolute Gasteiger partial charge is 0.367 e. The topological polar surface area (TPSA) is 55.9 Å². The van der Waals surface area contributed by atoms with E-state index in [0.29, 0.717) is 12.1 Å². The number of hydrogen-bond donors (Lipinski definition) is 1. The quantitative estimate of drug-likeness (QED) is 0.511. The van der Waals surface area contributed by atoms with Crippen LogP contribution in [0.25, 0.3) is 0 Å². The Morgan fingerprint density at radius 1 is 1.00 bits per heavy atom. The zero-order valence-corrected chi connectivity index (χ0v) is 22.0. The van der Waals surface area contributed by atoms with Gasteiger partial charge in [-0.2, -0.15) is 0 Å². The van der Waals surface area contributed by atoms with Crippen molar-refractivity contribution in [1.29, 1.82) is 0 Å². The minimum atomic E-state index is -0.503. The van der Waals surface area contributed by atoms with Crippen LogP contribution in [0, 0.1) is 5.92 Å². The molecule has 1 saturated heterocycles. The fourth-order valence-corrected chi connectivity index (χ4v) is 6.23. The van der Waals surface area contributed by atoms with Gasteiger partial charge in [-0.1, -0.05) is 50.2 Å². The summed E-state index contributed by atoms with van der Waals surface area (Å²) in [6.07, 6.45) is 0. The molecule has 1 aromatic heterocycles. The molecule has 0 saturated carbocycles. The number of carbonyl (C=O) groups excluding carboxylic acids is 2. The van der Waals surface area contributed by atoms with Crippen LogP contribution in [0.1, 0.15) is 46.6 Å². The number of piperazine rings is 1. The molecule has 5 rings (SSSR count). The first-order chi connectivity index (χ1) is 17.4. The molecular formula is C29H34N4O2S. The molecule has 7 heteroatoms. The summed E-state index contributed by atoms with van der Waals surface area (Å²) < 4.78 is 0. The summed E-state index contributed by atoms with van der Waals surface area (Å²) in [7, 11) is 2.14. The fourth-order valence-electron chi connectivity index (χ4n) is 5.36. The number of para-hydroxylation sites is 2. The number of nitrogens with zero attached hydrogens (tertiary/aromatic N) is 3. The van der Waals surface area contributed by atoms with Gasteiger partial charge in [0, 0.05) is 43.2 Å². The van der Waals surface area contributed by atoms with E-state index in [1.807, 2.05) is 64.9 Å². The third kappa shape index (κ3) is 4.77. The van der Waals surface area contributed by atoms with Gasteiger partial charge in [-0.05, 0) is 48.2 Å². The van der Waals surface area contributed by atoms with Gasteiger partial charge in [0.1, 0.15) is 0 Å². The first-order valence-electron chi connectivity index (χ1n) is 12.7. The standard InChI is InChI=1S/C29H34N4O2S/c1-20(2)19-33-27(25-13-8-18-36-25)26(21-9-4-5-10-22(21)29(33)35)28(34)30-23-11-6-7-12-24(23)32-16-14-31(3)15-17-32/h4-13,18,20,26-27H,14-17,19H2,1-3H3,(H,30,34)/t26-,27-/m0/s1. The predicted octanol–water partition coefficient (Wildman–Crippen LogP) is 5.08. The Labute approximate surface area is 217 Å². The maximum Gasteiger partial charge on any atom is 0.254 e. The van der Waals surface area contributed by atoms with Crippen molar-refractivity contribution in [1.82, 2.24) is 9.80 Å². The van der Waals surface area contributed by atoms with Crippen molar-refractivity contribution in [3.63, 3.8) is 0 Å². The molecule has 3 aromatic rings.